The zero-order valence-electron chi connectivity index (χ0n) is 13.1. The van der Waals surface area contributed by atoms with Crippen LogP contribution < -0.4 is 4.74 Å². The van der Waals surface area contributed by atoms with Crippen molar-refractivity contribution in [3.05, 3.63) is 52.7 Å². The molecule has 2 aromatic rings. The zero-order chi connectivity index (χ0) is 15.6. The number of rotatable bonds is 3. The molecule has 0 bridgehead atoms. The predicted octanol–water partition coefficient (Wildman–Crippen LogP) is 3.76. The van der Waals surface area contributed by atoms with E-state index in [1.807, 2.05) is 32.0 Å². The van der Waals surface area contributed by atoms with Crippen LogP contribution in [0.1, 0.15) is 42.4 Å². The highest BCUT2D eigenvalue weighted by Crippen LogP contribution is 2.20. The summed E-state index contributed by atoms with van der Waals surface area (Å²) in [6.07, 6.45) is 0. The number of esters is 1. The van der Waals surface area contributed by atoms with Gasteiger partial charge in [0.25, 0.3) is 0 Å². The molecule has 0 spiro atoms. The second-order valence-corrected chi connectivity index (χ2v) is 5.34. The molecular weight excluding hydrogens is 264 g/mol. The highest BCUT2D eigenvalue weighted by Gasteiger charge is 2.13. The molecule has 0 atom stereocenters. The number of allylic oxidation sites excluding steroid dienone is 2. The first-order valence-corrected chi connectivity index (χ1v) is 6.86. The Bertz CT molecular complexity index is 707. The predicted molar refractivity (Wildman–Crippen MR) is 83.3 cm³/mol. The molecule has 0 N–H and O–H groups in total. The van der Waals surface area contributed by atoms with Crippen LogP contribution in [0.3, 0.4) is 0 Å². The van der Waals surface area contributed by atoms with Crippen LogP contribution in [-0.4, -0.2) is 15.7 Å². The van der Waals surface area contributed by atoms with Crippen molar-refractivity contribution in [3.63, 3.8) is 0 Å². The number of benzene rings is 1. The van der Waals surface area contributed by atoms with E-state index in [0.29, 0.717) is 11.4 Å². The fourth-order valence-electron chi connectivity index (χ4n) is 2.00. The van der Waals surface area contributed by atoms with Gasteiger partial charge in [-0.1, -0.05) is 17.7 Å². The van der Waals surface area contributed by atoms with Crippen LogP contribution in [-0.2, 0) is 7.05 Å². The summed E-state index contributed by atoms with van der Waals surface area (Å²) < 4.78 is 6.95. The summed E-state index contributed by atoms with van der Waals surface area (Å²) in [4.78, 5) is 12.2. The van der Waals surface area contributed by atoms with Crippen LogP contribution in [0.5, 0.6) is 5.88 Å². The van der Waals surface area contributed by atoms with Gasteiger partial charge in [-0.05, 0) is 51.0 Å². The minimum absolute atomic E-state index is 0.374. The number of aromatic nitrogens is 2. The van der Waals surface area contributed by atoms with Crippen LogP contribution in [0, 0.1) is 6.92 Å². The maximum Gasteiger partial charge on any atom is 0.344 e. The van der Waals surface area contributed by atoms with E-state index in [1.54, 1.807) is 23.9 Å². The lowest BCUT2D eigenvalue weighted by Crippen LogP contribution is -2.11. The first kappa shape index (κ1) is 15.0. The van der Waals surface area contributed by atoms with Gasteiger partial charge in [0, 0.05) is 13.1 Å². The zero-order valence-corrected chi connectivity index (χ0v) is 13.1. The van der Waals surface area contributed by atoms with Crippen LogP contribution in [0.2, 0.25) is 0 Å². The standard InChI is InChI=1S/C17H20N2O2/c1-11(2)13(4)14-7-6-8-15(10-14)17(20)21-16-9-12(3)18-19(16)5/h6-10H,1-5H3. The van der Waals surface area contributed by atoms with Crippen molar-refractivity contribution in [2.75, 3.05) is 0 Å². The molecule has 0 fully saturated rings. The lowest BCUT2D eigenvalue weighted by atomic mass is 10.0. The Balaban J connectivity index is 2.26. The first-order chi connectivity index (χ1) is 9.88. The molecule has 1 aromatic heterocycles. The van der Waals surface area contributed by atoms with Gasteiger partial charge in [-0.15, -0.1) is 0 Å². The van der Waals surface area contributed by atoms with Crippen molar-refractivity contribution in [3.8, 4) is 5.88 Å². The van der Waals surface area contributed by atoms with Gasteiger partial charge >= 0.3 is 5.97 Å². The molecule has 0 radical (unpaired) electrons. The molecule has 0 saturated heterocycles. The number of carbonyl (C=O) groups is 1. The van der Waals surface area contributed by atoms with E-state index in [1.165, 1.54) is 11.1 Å². The fourth-order valence-corrected chi connectivity index (χ4v) is 2.00. The van der Waals surface area contributed by atoms with Gasteiger partial charge in [-0.3, -0.25) is 0 Å². The smallest absolute Gasteiger partial charge is 0.344 e. The van der Waals surface area contributed by atoms with Crippen LogP contribution >= 0.6 is 0 Å². The molecule has 0 saturated carbocycles. The molecule has 0 aliphatic rings. The van der Waals surface area contributed by atoms with Crippen molar-refractivity contribution in [1.82, 2.24) is 9.78 Å². The molecule has 0 unspecified atom stereocenters. The van der Waals surface area contributed by atoms with Crippen molar-refractivity contribution in [2.24, 2.45) is 7.05 Å². The van der Waals surface area contributed by atoms with Gasteiger partial charge in [-0.25, -0.2) is 9.48 Å². The number of hydrogen-bond acceptors (Lipinski definition) is 3. The van der Waals surface area contributed by atoms with Gasteiger partial charge in [-0.2, -0.15) is 5.10 Å². The summed E-state index contributed by atoms with van der Waals surface area (Å²) in [5.41, 5.74) is 4.77. The van der Waals surface area contributed by atoms with Crippen molar-refractivity contribution in [2.45, 2.75) is 27.7 Å². The molecule has 4 nitrogen and oxygen atoms in total. The molecular formula is C17H20N2O2. The quantitative estimate of drug-likeness (QED) is 0.806. The highest BCUT2D eigenvalue weighted by atomic mass is 16.5. The number of aryl methyl sites for hydroxylation is 2. The average molecular weight is 284 g/mol. The number of ether oxygens (including phenoxy) is 1. The topological polar surface area (TPSA) is 44.1 Å². The minimum atomic E-state index is -0.374. The maximum atomic E-state index is 12.2. The molecule has 0 aliphatic carbocycles. The lowest BCUT2D eigenvalue weighted by Gasteiger charge is -2.08. The molecule has 110 valence electrons. The van der Waals surface area contributed by atoms with E-state index in [-0.39, 0.29) is 5.97 Å². The Morgan fingerprint density at radius 3 is 2.38 bits per heavy atom. The lowest BCUT2D eigenvalue weighted by molar-refractivity contribution is 0.0720. The largest absolute Gasteiger partial charge is 0.404 e. The maximum absolute atomic E-state index is 12.2. The second-order valence-electron chi connectivity index (χ2n) is 5.34. The minimum Gasteiger partial charge on any atom is -0.404 e. The van der Waals surface area contributed by atoms with Gasteiger partial charge in [0.05, 0.1) is 11.3 Å². The van der Waals surface area contributed by atoms with E-state index in [0.717, 1.165) is 11.3 Å². The van der Waals surface area contributed by atoms with Crippen molar-refractivity contribution < 1.29 is 9.53 Å². The molecule has 21 heavy (non-hydrogen) atoms. The van der Waals surface area contributed by atoms with E-state index in [9.17, 15) is 4.79 Å². The number of nitrogens with zero attached hydrogens (tertiary/aromatic N) is 2. The van der Waals surface area contributed by atoms with Crippen LogP contribution in [0.25, 0.3) is 5.57 Å². The summed E-state index contributed by atoms with van der Waals surface area (Å²) in [5, 5.41) is 4.16. The first-order valence-electron chi connectivity index (χ1n) is 6.86. The van der Waals surface area contributed by atoms with Crippen molar-refractivity contribution in [1.29, 1.82) is 0 Å². The number of hydrogen-bond donors (Lipinski definition) is 0. The van der Waals surface area contributed by atoms with Gasteiger partial charge in [0.2, 0.25) is 5.88 Å². The monoisotopic (exact) mass is 284 g/mol. The summed E-state index contributed by atoms with van der Waals surface area (Å²) >= 11 is 0. The van der Waals surface area contributed by atoms with E-state index in [2.05, 4.69) is 18.9 Å². The van der Waals surface area contributed by atoms with E-state index in [4.69, 9.17) is 4.74 Å². The Morgan fingerprint density at radius 1 is 1.14 bits per heavy atom. The Hall–Kier alpha value is -2.36. The summed E-state index contributed by atoms with van der Waals surface area (Å²) in [7, 11) is 1.75. The van der Waals surface area contributed by atoms with Gasteiger partial charge < -0.3 is 4.74 Å². The molecule has 0 aliphatic heterocycles. The van der Waals surface area contributed by atoms with E-state index < -0.39 is 0 Å². The summed E-state index contributed by atoms with van der Waals surface area (Å²) in [6, 6.07) is 9.21. The SMILES string of the molecule is CC(C)=C(C)c1cccc(C(=O)Oc2cc(C)nn2C)c1. The normalized spacial score (nSPS) is 10.3. The average Bonchev–Trinajstić information content (AvgIpc) is 2.76. The molecule has 1 aromatic carbocycles. The molecule has 0 amide bonds. The number of carbonyl (C=O) groups excluding carboxylic acids is 1. The third kappa shape index (κ3) is 3.40. The Kier molecular flexibility index (Phi) is 4.26. The summed E-state index contributed by atoms with van der Waals surface area (Å²) in [6.45, 7) is 8.01. The third-order valence-corrected chi connectivity index (χ3v) is 3.44. The van der Waals surface area contributed by atoms with Crippen LogP contribution in [0.4, 0.5) is 0 Å². The molecule has 1 heterocycles. The Morgan fingerprint density at radius 2 is 1.81 bits per heavy atom. The molecule has 2 rings (SSSR count). The highest BCUT2D eigenvalue weighted by molar-refractivity contribution is 5.92. The van der Waals surface area contributed by atoms with Crippen LogP contribution in [0.15, 0.2) is 35.9 Å². The molecule has 4 heteroatoms. The third-order valence-electron chi connectivity index (χ3n) is 3.44. The fraction of sp³-hybridized carbons (Fsp3) is 0.294. The Labute approximate surface area is 125 Å². The van der Waals surface area contributed by atoms with E-state index >= 15 is 0 Å². The van der Waals surface area contributed by atoms with Gasteiger partial charge in [0.15, 0.2) is 0 Å². The van der Waals surface area contributed by atoms with Crippen molar-refractivity contribution >= 4 is 11.5 Å². The summed E-state index contributed by atoms with van der Waals surface area (Å²) in [5.74, 6) is 0.0724. The second kappa shape index (κ2) is 5.95. The van der Waals surface area contributed by atoms with Gasteiger partial charge in [0.1, 0.15) is 0 Å².